The second kappa shape index (κ2) is 5.45. The van der Waals surface area contributed by atoms with Crippen molar-refractivity contribution in [2.45, 2.75) is 55.6 Å². The molecule has 0 fully saturated rings. The Morgan fingerprint density at radius 2 is 1.88 bits per heavy atom. The summed E-state index contributed by atoms with van der Waals surface area (Å²) >= 11 is 1.96. The maximum Gasteiger partial charge on any atom is 0.0162 e. The minimum absolute atomic E-state index is 0.248. The van der Waals surface area contributed by atoms with Crippen LogP contribution in [0, 0.1) is 0 Å². The van der Waals surface area contributed by atoms with E-state index in [0.29, 0.717) is 0 Å². The van der Waals surface area contributed by atoms with E-state index in [1.807, 2.05) is 11.8 Å². The van der Waals surface area contributed by atoms with Crippen molar-refractivity contribution in [2.75, 3.05) is 6.54 Å². The zero-order chi connectivity index (χ0) is 12.3. The van der Waals surface area contributed by atoms with Gasteiger partial charge in [0.25, 0.3) is 0 Å². The highest BCUT2D eigenvalue weighted by atomic mass is 32.2. The lowest BCUT2D eigenvalue weighted by Gasteiger charge is -2.24. The van der Waals surface area contributed by atoms with Gasteiger partial charge in [-0.1, -0.05) is 19.9 Å². The molecule has 0 heterocycles. The molecule has 0 radical (unpaired) electrons. The van der Waals surface area contributed by atoms with Gasteiger partial charge in [-0.05, 0) is 61.9 Å². The molecule has 2 N–H and O–H groups in total. The van der Waals surface area contributed by atoms with Crippen molar-refractivity contribution in [1.29, 1.82) is 0 Å². The van der Waals surface area contributed by atoms with Crippen LogP contribution >= 0.6 is 11.8 Å². The van der Waals surface area contributed by atoms with Crippen LogP contribution in [0.15, 0.2) is 23.1 Å². The van der Waals surface area contributed by atoms with Gasteiger partial charge in [-0.25, -0.2) is 0 Å². The van der Waals surface area contributed by atoms with Gasteiger partial charge >= 0.3 is 0 Å². The average Bonchev–Trinajstić information content (AvgIpc) is 2.28. The third kappa shape index (κ3) is 3.49. The minimum atomic E-state index is 0.248. The highest BCUT2D eigenvalue weighted by molar-refractivity contribution is 8.00. The molecule has 0 unspecified atom stereocenters. The molecule has 2 heteroatoms. The smallest absolute Gasteiger partial charge is 0.0162 e. The van der Waals surface area contributed by atoms with E-state index < -0.39 is 0 Å². The third-order valence-corrected chi connectivity index (χ3v) is 4.71. The summed E-state index contributed by atoms with van der Waals surface area (Å²) in [7, 11) is 0. The fourth-order valence-electron chi connectivity index (χ4n) is 2.49. The van der Waals surface area contributed by atoms with Gasteiger partial charge < -0.3 is 5.73 Å². The Morgan fingerprint density at radius 1 is 1.18 bits per heavy atom. The maximum absolute atomic E-state index is 5.67. The van der Waals surface area contributed by atoms with Crippen LogP contribution in [0.5, 0.6) is 0 Å². The van der Waals surface area contributed by atoms with E-state index in [9.17, 15) is 0 Å². The fourth-order valence-corrected chi connectivity index (χ4v) is 3.69. The average molecular weight is 249 g/mol. The highest BCUT2D eigenvalue weighted by Gasteiger charge is 2.19. The van der Waals surface area contributed by atoms with E-state index in [1.54, 1.807) is 11.1 Å². The molecule has 1 nitrogen and oxygen atoms in total. The van der Waals surface area contributed by atoms with Crippen molar-refractivity contribution < 1.29 is 0 Å². The molecular formula is C15H23NS. The topological polar surface area (TPSA) is 26.0 Å². The normalized spacial score (nSPS) is 15.7. The van der Waals surface area contributed by atoms with Gasteiger partial charge in [0.2, 0.25) is 0 Å². The third-order valence-electron chi connectivity index (χ3n) is 3.46. The lowest BCUT2D eigenvalue weighted by Crippen LogP contribution is -2.19. The molecule has 1 aliphatic carbocycles. The van der Waals surface area contributed by atoms with Crippen LogP contribution in [0.25, 0.3) is 0 Å². The summed E-state index contributed by atoms with van der Waals surface area (Å²) in [6, 6.07) is 7.01. The van der Waals surface area contributed by atoms with E-state index >= 15 is 0 Å². The zero-order valence-corrected chi connectivity index (χ0v) is 11.8. The van der Waals surface area contributed by atoms with Crippen LogP contribution in [0.4, 0.5) is 0 Å². The summed E-state index contributed by atoms with van der Waals surface area (Å²) in [6.45, 7) is 5.33. The van der Waals surface area contributed by atoms with Gasteiger partial charge in [0, 0.05) is 9.64 Å². The van der Waals surface area contributed by atoms with Crippen LogP contribution in [-0.2, 0) is 12.8 Å². The molecule has 0 saturated carbocycles. The molecule has 1 aliphatic rings. The van der Waals surface area contributed by atoms with E-state index in [-0.39, 0.29) is 4.75 Å². The van der Waals surface area contributed by atoms with Crippen LogP contribution in [0.2, 0.25) is 0 Å². The number of aryl methyl sites for hydroxylation is 2. The van der Waals surface area contributed by atoms with Crippen LogP contribution in [0.1, 0.15) is 44.2 Å². The second-order valence-corrected chi connectivity index (χ2v) is 7.32. The van der Waals surface area contributed by atoms with Gasteiger partial charge in [-0.3, -0.25) is 0 Å². The molecule has 17 heavy (non-hydrogen) atoms. The van der Waals surface area contributed by atoms with E-state index in [4.69, 9.17) is 5.73 Å². The number of benzene rings is 1. The van der Waals surface area contributed by atoms with E-state index in [1.165, 1.54) is 30.6 Å². The fraction of sp³-hybridized carbons (Fsp3) is 0.600. The Balaban J connectivity index is 2.11. The predicted molar refractivity (Wildman–Crippen MR) is 76.7 cm³/mol. The Hall–Kier alpha value is -0.470. The molecular weight excluding hydrogens is 226 g/mol. The summed E-state index contributed by atoms with van der Waals surface area (Å²) in [6.07, 6.45) is 6.31. The molecule has 1 aromatic rings. The lowest BCUT2D eigenvalue weighted by molar-refractivity contribution is 0.648. The molecule has 0 bridgehead atoms. The van der Waals surface area contributed by atoms with Gasteiger partial charge in [0.15, 0.2) is 0 Å². The SMILES string of the molecule is CC(C)(CCN)Sc1ccc2c(c1)CCCC2. The number of hydrogen-bond acceptors (Lipinski definition) is 2. The quantitative estimate of drug-likeness (QED) is 0.822. The molecule has 0 aliphatic heterocycles. The van der Waals surface area contributed by atoms with E-state index in [2.05, 4.69) is 32.0 Å². The summed E-state index contributed by atoms with van der Waals surface area (Å²) in [4.78, 5) is 1.41. The van der Waals surface area contributed by atoms with Gasteiger partial charge in [0.05, 0.1) is 0 Å². The first-order valence-electron chi connectivity index (χ1n) is 6.62. The zero-order valence-electron chi connectivity index (χ0n) is 11.0. The lowest BCUT2D eigenvalue weighted by atomic mass is 9.92. The molecule has 0 aromatic heterocycles. The second-order valence-electron chi connectivity index (χ2n) is 5.54. The number of hydrogen-bond donors (Lipinski definition) is 1. The number of thioether (sulfide) groups is 1. The summed E-state index contributed by atoms with van der Waals surface area (Å²) < 4.78 is 0.248. The monoisotopic (exact) mass is 249 g/mol. The molecule has 1 aromatic carbocycles. The molecule has 0 amide bonds. The first-order chi connectivity index (χ1) is 8.11. The van der Waals surface area contributed by atoms with Gasteiger partial charge in [0.1, 0.15) is 0 Å². The van der Waals surface area contributed by atoms with Crippen molar-refractivity contribution in [3.63, 3.8) is 0 Å². The standard InChI is InChI=1S/C15H23NS/c1-15(2,9-10-16)17-14-8-7-12-5-3-4-6-13(12)11-14/h7-8,11H,3-6,9-10,16H2,1-2H3. The van der Waals surface area contributed by atoms with Crippen LogP contribution < -0.4 is 5.73 Å². The molecule has 94 valence electrons. The number of rotatable bonds is 4. The summed E-state index contributed by atoms with van der Waals surface area (Å²) in [5, 5.41) is 0. The molecule has 0 atom stereocenters. The summed E-state index contributed by atoms with van der Waals surface area (Å²) in [5.41, 5.74) is 8.81. The van der Waals surface area contributed by atoms with Crippen molar-refractivity contribution in [1.82, 2.24) is 0 Å². The Kier molecular flexibility index (Phi) is 4.16. The van der Waals surface area contributed by atoms with Crippen molar-refractivity contribution in [3.8, 4) is 0 Å². The Bertz CT molecular complexity index is 385. The molecule has 2 rings (SSSR count). The van der Waals surface area contributed by atoms with Crippen molar-refractivity contribution >= 4 is 11.8 Å². The van der Waals surface area contributed by atoms with Crippen molar-refractivity contribution in [2.24, 2.45) is 5.73 Å². The maximum atomic E-state index is 5.67. The largest absolute Gasteiger partial charge is 0.330 e. The van der Waals surface area contributed by atoms with Crippen LogP contribution in [-0.4, -0.2) is 11.3 Å². The number of nitrogens with two attached hydrogens (primary N) is 1. The summed E-state index contributed by atoms with van der Waals surface area (Å²) in [5.74, 6) is 0. The number of fused-ring (bicyclic) bond motifs is 1. The predicted octanol–water partition coefficient (Wildman–Crippen LogP) is 3.78. The van der Waals surface area contributed by atoms with Crippen LogP contribution in [0.3, 0.4) is 0 Å². The van der Waals surface area contributed by atoms with Crippen molar-refractivity contribution in [3.05, 3.63) is 29.3 Å². The Morgan fingerprint density at radius 3 is 2.59 bits per heavy atom. The van der Waals surface area contributed by atoms with Gasteiger partial charge in [-0.15, -0.1) is 11.8 Å². The first-order valence-corrected chi connectivity index (χ1v) is 7.43. The minimum Gasteiger partial charge on any atom is -0.330 e. The molecule has 0 saturated heterocycles. The molecule has 0 spiro atoms. The van der Waals surface area contributed by atoms with Gasteiger partial charge in [-0.2, -0.15) is 0 Å². The highest BCUT2D eigenvalue weighted by Crippen LogP contribution is 2.36. The van der Waals surface area contributed by atoms with E-state index in [0.717, 1.165) is 13.0 Å². The first kappa shape index (κ1) is 13.0. The Labute approximate surface area is 109 Å².